The highest BCUT2D eigenvalue weighted by molar-refractivity contribution is 7.69. The molecule has 0 aliphatic heterocycles. The highest BCUT2D eigenvalue weighted by Gasteiger charge is 2.26. The second kappa shape index (κ2) is 12.2. The predicted molar refractivity (Wildman–Crippen MR) is 106 cm³/mol. The SMILES string of the molecule is CCCC(=N)c1ccc(OC(=O)CCCN(C(CCC)C(=O)O)[SH](=O)=O)cc1. The molecule has 0 aliphatic carbocycles. The van der Waals surface area contributed by atoms with E-state index in [1.807, 2.05) is 6.92 Å². The minimum absolute atomic E-state index is 0.0362. The standard InChI is InChI=1S/C19H28N2O6S/c1-3-6-16(20)14-9-11-15(12-10-14)27-18(22)8-5-13-21(28(25)26)17(7-4-2)19(23)24/h9-12,17,20,28H,3-8,13H2,1-2H3,(H,23,24). The number of carboxylic acid groups (broad SMARTS) is 1. The Balaban J connectivity index is 2.57. The number of aliphatic carboxylic acids is 1. The van der Waals surface area contributed by atoms with Crippen LogP contribution >= 0.6 is 0 Å². The molecular weight excluding hydrogens is 384 g/mol. The Labute approximate surface area is 167 Å². The summed E-state index contributed by atoms with van der Waals surface area (Å²) < 4.78 is 28.9. The van der Waals surface area contributed by atoms with Gasteiger partial charge in [-0.2, -0.15) is 4.31 Å². The van der Waals surface area contributed by atoms with Gasteiger partial charge in [-0.3, -0.25) is 9.59 Å². The molecule has 1 rings (SSSR count). The Hall–Kier alpha value is -2.26. The van der Waals surface area contributed by atoms with Gasteiger partial charge in [0, 0.05) is 18.7 Å². The third kappa shape index (κ3) is 7.77. The first-order chi connectivity index (χ1) is 13.3. The number of carbonyl (C=O) groups excluding carboxylic acids is 1. The van der Waals surface area contributed by atoms with E-state index in [1.165, 1.54) is 0 Å². The molecule has 1 unspecified atom stereocenters. The number of nitrogens with one attached hydrogen (secondary N) is 1. The molecule has 1 aromatic rings. The molecule has 9 heteroatoms. The number of nitrogens with zero attached hydrogens (tertiary/aromatic N) is 1. The number of esters is 1. The highest BCUT2D eigenvalue weighted by atomic mass is 32.2. The van der Waals surface area contributed by atoms with Crippen molar-refractivity contribution in [2.24, 2.45) is 0 Å². The molecule has 0 fully saturated rings. The number of benzene rings is 1. The first-order valence-electron chi connectivity index (χ1n) is 9.32. The average Bonchev–Trinajstić information content (AvgIpc) is 2.64. The van der Waals surface area contributed by atoms with Crippen LogP contribution in [0, 0.1) is 5.41 Å². The van der Waals surface area contributed by atoms with E-state index in [0.29, 0.717) is 24.3 Å². The summed E-state index contributed by atoms with van der Waals surface area (Å²) in [6.45, 7) is 3.71. The van der Waals surface area contributed by atoms with Gasteiger partial charge in [-0.05, 0) is 49.1 Å². The quantitative estimate of drug-likeness (QED) is 0.198. The summed E-state index contributed by atoms with van der Waals surface area (Å²) in [6, 6.07) is 5.53. The zero-order chi connectivity index (χ0) is 21.1. The first-order valence-corrected chi connectivity index (χ1v) is 10.4. The van der Waals surface area contributed by atoms with Crippen molar-refractivity contribution in [2.75, 3.05) is 6.54 Å². The topological polar surface area (TPSA) is 125 Å². The number of carboxylic acids is 1. The van der Waals surface area contributed by atoms with Gasteiger partial charge in [0.15, 0.2) is 0 Å². The van der Waals surface area contributed by atoms with Gasteiger partial charge >= 0.3 is 11.9 Å². The molecule has 0 aliphatic rings. The van der Waals surface area contributed by atoms with Gasteiger partial charge in [0.2, 0.25) is 10.9 Å². The van der Waals surface area contributed by atoms with Gasteiger partial charge in [-0.1, -0.05) is 26.7 Å². The minimum atomic E-state index is -3.06. The third-order valence-corrected chi connectivity index (χ3v) is 5.02. The van der Waals surface area contributed by atoms with Crippen LogP contribution in [0.4, 0.5) is 0 Å². The van der Waals surface area contributed by atoms with Crippen LogP contribution in [0.2, 0.25) is 0 Å². The Morgan fingerprint density at radius 2 is 1.79 bits per heavy atom. The number of hydrogen-bond acceptors (Lipinski definition) is 6. The lowest BCUT2D eigenvalue weighted by atomic mass is 10.1. The fraction of sp³-hybridized carbons (Fsp3) is 0.526. The van der Waals surface area contributed by atoms with Gasteiger partial charge in [0.05, 0.1) is 0 Å². The second-order valence-corrected chi connectivity index (χ2v) is 7.36. The Bertz CT molecular complexity index is 737. The van der Waals surface area contributed by atoms with Crippen molar-refractivity contribution in [3.63, 3.8) is 0 Å². The zero-order valence-corrected chi connectivity index (χ0v) is 17.1. The van der Waals surface area contributed by atoms with E-state index < -0.39 is 28.9 Å². The fourth-order valence-electron chi connectivity index (χ4n) is 2.71. The number of ether oxygens (including phenoxy) is 1. The van der Waals surface area contributed by atoms with E-state index in [9.17, 15) is 23.1 Å². The summed E-state index contributed by atoms with van der Waals surface area (Å²) in [4.78, 5) is 23.2. The van der Waals surface area contributed by atoms with Crippen LogP contribution in [0.1, 0.15) is 57.9 Å². The zero-order valence-electron chi connectivity index (χ0n) is 16.2. The van der Waals surface area contributed by atoms with E-state index in [4.69, 9.17) is 10.1 Å². The van der Waals surface area contributed by atoms with Crippen molar-refractivity contribution >= 4 is 28.5 Å². The molecule has 1 atom stereocenters. The number of rotatable bonds is 13. The molecule has 156 valence electrons. The van der Waals surface area contributed by atoms with Crippen LogP contribution < -0.4 is 4.74 Å². The summed E-state index contributed by atoms with van der Waals surface area (Å²) in [6.07, 6.45) is 2.42. The minimum Gasteiger partial charge on any atom is -0.480 e. The van der Waals surface area contributed by atoms with Crippen molar-refractivity contribution < 1.29 is 27.9 Å². The van der Waals surface area contributed by atoms with Crippen LogP contribution in [-0.2, 0) is 20.5 Å². The van der Waals surface area contributed by atoms with Crippen LogP contribution in [0.15, 0.2) is 24.3 Å². The van der Waals surface area contributed by atoms with Crippen LogP contribution in [0.3, 0.4) is 0 Å². The fourth-order valence-corrected chi connectivity index (χ4v) is 3.46. The normalized spacial score (nSPS) is 12.1. The number of thiol groups is 1. The van der Waals surface area contributed by atoms with E-state index in [0.717, 1.165) is 16.3 Å². The van der Waals surface area contributed by atoms with Crippen LogP contribution in [0.25, 0.3) is 0 Å². The van der Waals surface area contributed by atoms with Crippen molar-refractivity contribution in [3.8, 4) is 5.75 Å². The molecule has 0 amide bonds. The van der Waals surface area contributed by atoms with E-state index in [2.05, 4.69) is 0 Å². The molecule has 0 heterocycles. The van der Waals surface area contributed by atoms with Gasteiger partial charge in [-0.25, -0.2) is 8.42 Å². The van der Waals surface area contributed by atoms with Gasteiger partial charge in [0.1, 0.15) is 11.8 Å². The van der Waals surface area contributed by atoms with E-state index in [-0.39, 0.29) is 25.8 Å². The first kappa shape index (κ1) is 23.8. The van der Waals surface area contributed by atoms with Gasteiger partial charge in [0.25, 0.3) is 0 Å². The molecule has 28 heavy (non-hydrogen) atoms. The number of hydrogen-bond donors (Lipinski definition) is 3. The lowest BCUT2D eigenvalue weighted by molar-refractivity contribution is -0.141. The summed E-state index contributed by atoms with van der Waals surface area (Å²) in [7, 11) is -3.06. The summed E-state index contributed by atoms with van der Waals surface area (Å²) >= 11 is 0. The molecule has 8 nitrogen and oxygen atoms in total. The molecule has 0 saturated heterocycles. The Morgan fingerprint density at radius 1 is 1.14 bits per heavy atom. The van der Waals surface area contributed by atoms with Crippen LogP contribution in [-0.4, -0.2) is 48.1 Å². The van der Waals surface area contributed by atoms with Crippen molar-refractivity contribution in [1.82, 2.24) is 4.31 Å². The maximum atomic E-state index is 12.0. The monoisotopic (exact) mass is 412 g/mol. The lowest BCUT2D eigenvalue weighted by Crippen LogP contribution is -2.40. The highest BCUT2D eigenvalue weighted by Crippen LogP contribution is 2.15. The molecule has 1 aromatic carbocycles. The largest absolute Gasteiger partial charge is 0.480 e. The molecule has 0 saturated carbocycles. The average molecular weight is 413 g/mol. The van der Waals surface area contributed by atoms with E-state index >= 15 is 0 Å². The Morgan fingerprint density at radius 3 is 2.29 bits per heavy atom. The second-order valence-electron chi connectivity index (χ2n) is 6.37. The summed E-state index contributed by atoms with van der Waals surface area (Å²) in [5, 5.41) is 17.1. The van der Waals surface area contributed by atoms with Gasteiger partial charge < -0.3 is 15.3 Å². The van der Waals surface area contributed by atoms with Crippen molar-refractivity contribution in [3.05, 3.63) is 29.8 Å². The van der Waals surface area contributed by atoms with Crippen LogP contribution in [0.5, 0.6) is 5.75 Å². The van der Waals surface area contributed by atoms with Crippen molar-refractivity contribution in [1.29, 1.82) is 5.41 Å². The third-order valence-electron chi connectivity index (χ3n) is 4.12. The Kier molecular flexibility index (Phi) is 10.4. The molecule has 0 aromatic heterocycles. The lowest BCUT2D eigenvalue weighted by Gasteiger charge is -2.22. The molecular formula is C19H28N2O6S. The van der Waals surface area contributed by atoms with Gasteiger partial charge in [-0.15, -0.1) is 0 Å². The molecule has 0 bridgehead atoms. The summed E-state index contributed by atoms with van der Waals surface area (Å²) in [5.74, 6) is -1.38. The molecule has 0 radical (unpaired) electrons. The predicted octanol–water partition coefficient (Wildman–Crippen LogP) is 2.62. The molecule has 2 N–H and O–H groups in total. The molecule has 0 spiro atoms. The maximum absolute atomic E-state index is 12.0. The maximum Gasteiger partial charge on any atom is 0.321 e. The van der Waals surface area contributed by atoms with Crippen molar-refractivity contribution in [2.45, 2.75) is 58.4 Å². The smallest absolute Gasteiger partial charge is 0.321 e. The summed E-state index contributed by atoms with van der Waals surface area (Å²) in [5.41, 5.74) is 1.29. The number of carbonyl (C=O) groups is 2. The van der Waals surface area contributed by atoms with E-state index in [1.54, 1.807) is 31.2 Å².